The Morgan fingerprint density at radius 3 is 2.67 bits per heavy atom. The maximum Gasteiger partial charge on any atom is 0.325 e. The van der Waals surface area contributed by atoms with Crippen LogP contribution in [-0.4, -0.2) is 38.6 Å². The Hall–Kier alpha value is -0.810. The van der Waals surface area contributed by atoms with Crippen molar-refractivity contribution in [3.05, 3.63) is 0 Å². The molecule has 0 bridgehead atoms. The highest BCUT2D eigenvalue weighted by Crippen LogP contribution is 2.24. The molecule has 6 heteroatoms. The number of nitrogens with one attached hydrogen (secondary N) is 2. The molecule has 1 rings (SSSR count). The molecule has 0 aromatic carbocycles. The van der Waals surface area contributed by atoms with E-state index in [0.717, 1.165) is 13.0 Å². The van der Waals surface area contributed by atoms with E-state index in [1.807, 2.05) is 6.92 Å². The van der Waals surface area contributed by atoms with Gasteiger partial charge >= 0.3 is 5.97 Å². The van der Waals surface area contributed by atoms with E-state index in [1.54, 1.807) is 0 Å². The Labute approximate surface area is 95.3 Å². The molecule has 1 heterocycles. The second-order valence-corrected chi connectivity index (χ2v) is 3.75. The second-order valence-electron chi connectivity index (χ2n) is 3.75. The third kappa shape index (κ3) is 3.68. The third-order valence-electron chi connectivity index (χ3n) is 2.54. The van der Waals surface area contributed by atoms with Crippen molar-refractivity contribution in [2.45, 2.75) is 13.3 Å². The van der Waals surface area contributed by atoms with Crippen LogP contribution in [0.15, 0.2) is 0 Å². The molecule has 1 aliphatic rings. The summed E-state index contributed by atoms with van der Waals surface area (Å²) in [5.41, 5.74) is -0.381. The van der Waals surface area contributed by atoms with Crippen LogP contribution in [0.4, 0.5) is 0 Å². The molecule has 2 N–H and O–H groups in total. The second kappa shape index (κ2) is 5.92. The minimum absolute atomic E-state index is 0. The van der Waals surface area contributed by atoms with Crippen molar-refractivity contribution in [2.75, 3.05) is 26.7 Å². The first-order valence-corrected chi connectivity index (χ1v) is 4.64. The molecule has 0 aromatic heterocycles. The summed E-state index contributed by atoms with van der Waals surface area (Å²) < 4.78 is 4.43. The first-order valence-electron chi connectivity index (χ1n) is 4.64. The van der Waals surface area contributed by atoms with Gasteiger partial charge in [0, 0.05) is 6.54 Å². The molecule has 88 valence electrons. The Morgan fingerprint density at radius 2 is 2.20 bits per heavy atom. The monoisotopic (exact) mass is 236 g/mol. The Kier molecular flexibility index (Phi) is 5.60. The highest BCUT2D eigenvalue weighted by atomic mass is 35.5. The number of hydrogen-bond donors (Lipinski definition) is 2. The lowest BCUT2D eigenvalue weighted by molar-refractivity contribution is -0.142. The van der Waals surface area contributed by atoms with Crippen molar-refractivity contribution < 1.29 is 14.3 Å². The number of carbonyl (C=O) groups excluding carboxylic acids is 2. The maximum absolute atomic E-state index is 11.6. The summed E-state index contributed by atoms with van der Waals surface area (Å²) in [5, 5.41) is 5.68. The van der Waals surface area contributed by atoms with Gasteiger partial charge in [0.05, 0.1) is 12.5 Å². The minimum atomic E-state index is -0.423. The fourth-order valence-electron chi connectivity index (χ4n) is 1.45. The smallest absolute Gasteiger partial charge is 0.325 e. The molecule has 0 saturated carbocycles. The lowest BCUT2D eigenvalue weighted by Crippen LogP contribution is -2.42. The number of amides is 1. The van der Waals surface area contributed by atoms with Crippen molar-refractivity contribution in [3.63, 3.8) is 0 Å². The molecule has 1 aliphatic heterocycles. The van der Waals surface area contributed by atoms with Crippen LogP contribution in [0, 0.1) is 5.41 Å². The van der Waals surface area contributed by atoms with Crippen molar-refractivity contribution >= 4 is 24.3 Å². The van der Waals surface area contributed by atoms with Crippen LogP contribution in [0.3, 0.4) is 0 Å². The van der Waals surface area contributed by atoms with E-state index in [1.165, 1.54) is 7.11 Å². The molecular weight excluding hydrogens is 220 g/mol. The third-order valence-corrected chi connectivity index (χ3v) is 2.54. The van der Waals surface area contributed by atoms with Gasteiger partial charge < -0.3 is 15.4 Å². The fraction of sp³-hybridized carbons (Fsp3) is 0.778. The van der Waals surface area contributed by atoms with Gasteiger partial charge in [0.25, 0.3) is 0 Å². The lowest BCUT2D eigenvalue weighted by Gasteiger charge is -2.20. The topological polar surface area (TPSA) is 67.4 Å². The molecule has 0 spiro atoms. The number of esters is 1. The number of halogens is 1. The average Bonchev–Trinajstić information content (AvgIpc) is 2.62. The standard InChI is InChI=1S/C9H16N2O3.ClH/c1-9(3-4-10-6-9)8(13)11-5-7(12)14-2;/h10H,3-6H2,1-2H3,(H,11,13);1H. The SMILES string of the molecule is COC(=O)CNC(=O)C1(C)CCNC1.Cl. The zero-order valence-electron chi connectivity index (χ0n) is 8.96. The van der Waals surface area contributed by atoms with E-state index in [4.69, 9.17) is 0 Å². The number of rotatable bonds is 3. The van der Waals surface area contributed by atoms with E-state index in [-0.39, 0.29) is 30.3 Å². The van der Waals surface area contributed by atoms with Crippen LogP contribution in [0.25, 0.3) is 0 Å². The molecular formula is C9H17ClN2O3. The Bertz CT molecular complexity index is 240. The fourth-order valence-corrected chi connectivity index (χ4v) is 1.45. The van der Waals surface area contributed by atoms with Crippen LogP contribution in [0.1, 0.15) is 13.3 Å². The summed E-state index contributed by atoms with van der Waals surface area (Å²) in [6.07, 6.45) is 0.806. The Balaban J connectivity index is 0.00000196. The largest absolute Gasteiger partial charge is 0.468 e. The molecule has 15 heavy (non-hydrogen) atoms. The summed E-state index contributed by atoms with van der Waals surface area (Å²) in [6, 6.07) is 0. The van der Waals surface area contributed by atoms with Gasteiger partial charge in [-0.05, 0) is 19.9 Å². The first kappa shape index (κ1) is 14.2. The van der Waals surface area contributed by atoms with Crippen LogP contribution >= 0.6 is 12.4 Å². The molecule has 1 fully saturated rings. The Morgan fingerprint density at radius 1 is 1.53 bits per heavy atom. The molecule has 0 radical (unpaired) electrons. The lowest BCUT2D eigenvalue weighted by atomic mass is 9.89. The highest BCUT2D eigenvalue weighted by molar-refractivity contribution is 5.86. The number of carbonyl (C=O) groups is 2. The van der Waals surface area contributed by atoms with Gasteiger partial charge in [0.1, 0.15) is 6.54 Å². The van der Waals surface area contributed by atoms with E-state index >= 15 is 0 Å². The molecule has 5 nitrogen and oxygen atoms in total. The van der Waals surface area contributed by atoms with Gasteiger partial charge in [-0.15, -0.1) is 12.4 Å². The number of hydrogen-bond acceptors (Lipinski definition) is 4. The summed E-state index contributed by atoms with van der Waals surface area (Å²) in [5.74, 6) is -0.513. The molecule has 1 unspecified atom stereocenters. The van der Waals surface area contributed by atoms with Gasteiger partial charge in [0.2, 0.25) is 5.91 Å². The van der Waals surface area contributed by atoms with Gasteiger partial charge in [-0.3, -0.25) is 9.59 Å². The molecule has 0 aliphatic carbocycles. The first-order chi connectivity index (χ1) is 6.58. The molecule has 0 aromatic rings. The van der Waals surface area contributed by atoms with E-state index < -0.39 is 5.97 Å². The number of ether oxygens (including phenoxy) is 1. The van der Waals surface area contributed by atoms with E-state index in [9.17, 15) is 9.59 Å². The minimum Gasteiger partial charge on any atom is -0.468 e. The predicted octanol–water partition coefficient (Wildman–Crippen LogP) is -0.303. The summed E-state index contributed by atoms with van der Waals surface area (Å²) in [7, 11) is 1.30. The predicted molar refractivity (Wildman–Crippen MR) is 57.9 cm³/mol. The van der Waals surface area contributed by atoms with Crippen molar-refractivity contribution in [2.24, 2.45) is 5.41 Å². The highest BCUT2D eigenvalue weighted by Gasteiger charge is 2.36. The summed E-state index contributed by atoms with van der Waals surface area (Å²) in [6.45, 7) is 3.35. The van der Waals surface area contributed by atoms with Crippen LogP contribution in [0.5, 0.6) is 0 Å². The van der Waals surface area contributed by atoms with E-state index in [0.29, 0.717) is 6.54 Å². The van der Waals surface area contributed by atoms with Gasteiger partial charge in [-0.25, -0.2) is 0 Å². The molecule has 1 saturated heterocycles. The molecule has 1 atom stereocenters. The van der Waals surface area contributed by atoms with Gasteiger partial charge in [-0.2, -0.15) is 0 Å². The zero-order chi connectivity index (χ0) is 10.6. The maximum atomic E-state index is 11.6. The van der Waals surface area contributed by atoms with Crippen LogP contribution in [-0.2, 0) is 14.3 Å². The van der Waals surface area contributed by atoms with Crippen LogP contribution in [0.2, 0.25) is 0 Å². The average molecular weight is 237 g/mol. The zero-order valence-corrected chi connectivity index (χ0v) is 9.78. The van der Waals surface area contributed by atoms with Gasteiger partial charge in [-0.1, -0.05) is 0 Å². The summed E-state index contributed by atoms with van der Waals surface area (Å²) in [4.78, 5) is 22.4. The van der Waals surface area contributed by atoms with Gasteiger partial charge in [0.15, 0.2) is 0 Å². The van der Waals surface area contributed by atoms with E-state index in [2.05, 4.69) is 15.4 Å². The summed E-state index contributed by atoms with van der Waals surface area (Å²) >= 11 is 0. The number of methoxy groups -OCH3 is 1. The molecule has 1 amide bonds. The van der Waals surface area contributed by atoms with Crippen molar-refractivity contribution in [1.29, 1.82) is 0 Å². The van der Waals surface area contributed by atoms with Crippen molar-refractivity contribution in [3.8, 4) is 0 Å². The van der Waals surface area contributed by atoms with Crippen molar-refractivity contribution in [1.82, 2.24) is 10.6 Å². The quantitative estimate of drug-likeness (QED) is 0.661. The van der Waals surface area contributed by atoms with Crippen LogP contribution < -0.4 is 10.6 Å². The normalized spacial score (nSPS) is 24.1.